The standard InChI is InChI=1S/C33H47N3O7/c1-6-33(42)14-11-25-23-8-7-20-15-21(9-12-31(20,4)24(23)10-13-32(25,33)5)35-43-18-27(38)34-28(19(2)3)29(39)36-17-22(37)16-26(36)30(40)41/h1,15,19,22-26,28,37,42H,7-14,16-18H2,2-5H3,(H,34,38)(H,40,41)/b35-21-/t22-,23+,24-,25-,26+,28+,31-,32-,33+/m0/s1. The van der Waals surface area contributed by atoms with E-state index in [-0.39, 0.29) is 36.3 Å². The minimum absolute atomic E-state index is 0.0362. The molecule has 1 aliphatic heterocycles. The number of oxime groups is 1. The summed E-state index contributed by atoms with van der Waals surface area (Å²) in [6, 6.07) is -2.07. The second kappa shape index (κ2) is 11.6. The third kappa shape index (κ3) is 5.37. The molecule has 43 heavy (non-hydrogen) atoms. The van der Waals surface area contributed by atoms with Gasteiger partial charge >= 0.3 is 5.97 Å². The van der Waals surface area contributed by atoms with Crippen LogP contribution in [0.25, 0.3) is 0 Å². The van der Waals surface area contributed by atoms with Gasteiger partial charge in [0.15, 0.2) is 6.61 Å². The number of nitrogens with zero attached hydrogens (tertiary/aromatic N) is 2. The second-order valence-electron chi connectivity index (χ2n) is 14.4. The highest BCUT2D eigenvalue weighted by atomic mass is 16.6. The van der Waals surface area contributed by atoms with Crippen LogP contribution in [0.2, 0.25) is 0 Å². The Hall–Kier alpha value is -2.90. The maximum Gasteiger partial charge on any atom is 0.326 e. The van der Waals surface area contributed by atoms with E-state index in [9.17, 15) is 29.7 Å². The van der Waals surface area contributed by atoms with Gasteiger partial charge in [-0.25, -0.2) is 4.79 Å². The van der Waals surface area contributed by atoms with Gasteiger partial charge in [-0.3, -0.25) is 9.59 Å². The molecule has 0 aromatic heterocycles. The third-order valence-electron chi connectivity index (χ3n) is 11.8. The SMILES string of the molecule is C#C[C@@]1(O)CC[C@H]2[C@@H]3CCC4=C/C(=N\OCC(=O)N[C@@H](C(=O)N5C[C@@H](O)C[C@@H]5C(=O)O)C(C)C)CC[C@]4(C)[C@H]3CC[C@@]21C. The quantitative estimate of drug-likeness (QED) is 0.261. The average molecular weight is 598 g/mol. The molecule has 1 saturated heterocycles. The van der Waals surface area contributed by atoms with E-state index in [0.29, 0.717) is 24.2 Å². The molecule has 4 aliphatic carbocycles. The van der Waals surface area contributed by atoms with Crippen LogP contribution in [0.1, 0.15) is 85.5 Å². The summed E-state index contributed by atoms with van der Waals surface area (Å²) >= 11 is 0. The molecular weight excluding hydrogens is 550 g/mol. The fourth-order valence-corrected chi connectivity index (χ4v) is 9.27. The van der Waals surface area contributed by atoms with E-state index in [1.54, 1.807) is 13.8 Å². The number of carboxylic acids is 1. The van der Waals surface area contributed by atoms with Gasteiger partial charge in [0, 0.05) is 18.4 Å². The van der Waals surface area contributed by atoms with Crippen LogP contribution >= 0.6 is 0 Å². The number of rotatable bonds is 7. The van der Waals surface area contributed by atoms with E-state index in [4.69, 9.17) is 11.3 Å². The van der Waals surface area contributed by atoms with Gasteiger partial charge in [0.25, 0.3) is 5.91 Å². The molecule has 4 fully saturated rings. The smallest absolute Gasteiger partial charge is 0.326 e. The highest BCUT2D eigenvalue weighted by Gasteiger charge is 2.63. The number of hydrogen-bond donors (Lipinski definition) is 4. The number of β-amino-alcohol motifs (C(OH)–C–C–N with tert-alkyl or cyclic N) is 1. The fraction of sp³-hybridized carbons (Fsp3) is 0.758. The van der Waals surface area contributed by atoms with Gasteiger partial charge in [-0.15, -0.1) is 6.42 Å². The molecular formula is C33H47N3O7. The Morgan fingerprint density at radius 2 is 1.88 bits per heavy atom. The average Bonchev–Trinajstić information content (AvgIpc) is 3.48. The zero-order valence-corrected chi connectivity index (χ0v) is 25.8. The number of fused-ring (bicyclic) bond motifs is 5. The maximum atomic E-state index is 13.1. The molecule has 0 aromatic carbocycles. The summed E-state index contributed by atoms with van der Waals surface area (Å²) in [6.07, 6.45) is 14.4. The highest BCUT2D eigenvalue weighted by Crippen LogP contribution is 2.67. The molecule has 0 radical (unpaired) electrons. The topological polar surface area (TPSA) is 149 Å². The first-order valence-corrected chi connectivity index (χ1v) is 15.8. The van der Waals surface area contributed by atoms with Crippen molar-refractivity contribution in [3.63, 3.8) is 0 Å². The Kier molecular flexibility index (Phi) is 8.47. The van der Waals surface area contributed by atoms with Crippen LogP contribution in [0.15, 0.2) is 16.8 Å². The molecule has 0 unspecified atom stereocenters. The van der Waals surface area contributed by atoms with Gasteiger partial charge in [-0.1, -0.05) is 44.3 Å². The van der Waals surface area contributed by atoms with Gasteiger partial charge < -0.3 is 30.4 Å². The van der Waals surface area contributed by atoms with Crippen molar-refractivity contribution in [1.82, 2.24) is 10.2 Å². The van der Waals surface area contributed by atoms with Crippen LogP contribution in [-0.2, 0) is 19.2 Å². The Morgan fingerprint density at radius 1 is 1.16 bits per heavy atom. The van der Waals surface area contributed by atoms with Crippen molar-refractivity contribution >= 4 is 23.5 Å². The van der Waals surface area contributed by atoms with Crippen LogP contribution < -0.4 is 5.32 Å². The Bertz CT molecular complexity index is 1260. The minimum Gasteiger partial charge on any atom is -0.480 e. The molecule has 0 bridgehead atoms. The van der Waals surface area contributed by atoms with E-state index in [0.717, 1.165) is 55.6 Å². The summed E-state index contributed by atoms with van der Waals surface area (Å²) in [4.78, 5) is 44.0. The van der Waals surface area contributed by atoms with Crippen molar-refractivity contribution < 1.29 is 34.5 Å². The molecule has 10 heteroatoms. The third-order valence-corrected chi connectivity index (χ3v) is 11.8. The highest BCUT2D eigenvalue weighted by molar-refractivity contribution is 5.96. The largest absolute Gasteiger partial charge is 0.480 e. The molecule has 236 valence electrons. The predicted octanol–water partition coefficient (Wildman–Crippen LogP) is 2.87. The molecule has 0 spiro atoms. The number of likely N-dealkylation sites (tertiary alicyclic amines) is 1. The molecule has 5 rings (SSSR count). The van der Waals surface area contributed by atoms with Gasteiger partial charge in [-0.2, -0.15) is 0 Å². The number of carbonyl (C=O) groups is 3. The number of aliphatic hydroxyl groups is 2. The lowest BCUT2D eigenvalue weighted by atomic mass is 9.46. The second-order valence-corrected chi connectivity index (χ2v) is 14.4. The van der Waals surface area contributed by atoms with Crippen LogP contribution in [0.3, 0.4) is 0 Å². The molecule has 4 N–H and O–H groups in total. The van der Waals surface area contributed by atoms with E-state index >= 15 is 0 Å². The zero-order valence-electron chi connectivity index (χ0n) is 25.8. The number of aliphatic hydroxyl groups excluding tert-OH is 1. The number of amides is 2. The molecule has 0 aromatic rings. The van der Waals surface area contributed by atoms with Crippen LogP contribution in [0.4, 0.5) is 0 Å². The van der Waals surface area contributed by atoms with Crippen molar-refractivity contribution in [3.8, 4) is 12.3 Å². The molecule has 2 amide bonds. The summed E-state index contributed by atoms with van der Waals surface area (Å²) < 4.78 is 0. The van der Waals surface area contributed by atoms with Crippen LogP contribution in [0, 0.1) is 46.8 Å². The van der Waals surface area contributed by atoms with Crippen molar-refractivity contribution in [2.45, 2.75) is 109 Å². The Balaban J connectivity index is 1.19. The van der Waals surface area contributed by atoms with Crippen LogP contribution in [0.5, 0.6) is 0 Å². The van der Waals surface area contributed by atoms with E-state index in [2.05, 4.69) is 36.3 Å². The zero-order chi connectivity index (χ0) is 31.3. The predicted molar refractivity (Wildman–Crippen MR) is 159 cm³/mol. The Morgan fingerprint density at radius 3 is 2.56 bits per heavy atom. The first-order chi connectivity index (χ1) is 20.2. The lowest BCUT2D eigenvalue weighted by Gasteiger charge is -2.58. The van der Waals surface area contributed by atoms with Crippen molar-refractivity contribution in [3.05, 3.63) is 11.6 Å². The van der Waals surface area contributed by atoms with E-state index < -0.39 is 41.6 Å². The van der Waals surface area contributed by atoms with Crippen molar-refractivity contribution in [1.29, 1.82) is 0 Å². The monoisotopic (exact) mass is 597 g/mol. The van der Waals surface area contributed by atoms with Crippen molar-refractivity contribution in [2.24, 2.45) is 39.7 Å². The first-order valence-electron chi connectivity index (χ1n) is 15.8. The normalized spacial score (nSPS) is 40.1. The lowest BCUT2D eigenvalue weighted by Crippen LogP contribution is -2.54. The molecule has 10 nitrogen and oxygen atoms in total. The maximum absolute atomic E-state index is 13.1. The van der Waals surface area contributed by atoms with E-state index in [1.165, 1.54) is 5.57 Å². The van der Waals surface area contributed by atoms with Gasteiger partial charge in [0.05, 0.1) is 11.8 Å². The number of carboxylic acid groups (broad SMARTS) is 1. The summed E-state index contributed by atoms with van der Waals surface area (Å²) in [5, 5.41) is 37.6. The van der Waals surface area contributed by atoms with Crippen molar-refractivity contribution in [2.75, 3.05) is 13.2 Å². The Labute approximate surface area is 254 Å². The molecule has 3 saturated carbocycles. The number of terminal acetylenes is 1. The first kappa shape index (κ1) is 31.5. The number of aliphatic carboxylic acids is 1. The van der Waals surface area contributed by atoms with Crippen LogP contribution in [-0.4, -0.2) is 80.7 Å². The molecule has 5 aliphatic rings. The number of nitrogens with one attached hydrogen (secondary N) is 1. The summed E-state index contributed by atoms with van der Waals surface area (Å²) in [6.45, 7) is 7.66. The lowest BCUT2D eigenvalue weighted by molar-refractivity contribution is -0.150. The number of carbonyl (C=O) groups excluding carboxylic acids is 2. The molecule has 9 atom stereocenters. The van der Waals surface area contributed by atoms with Gasteiger partial charge in [-0.05, 0) is 86.5 Å². The van der Waals surface area contributed by atoms with Gasteiger partial charge in [0.2, 0.25) is 5.91 Å². The van der Waals surface area contributed by atoms with Gasteiger partial charge in [0.1, 0.15) is 17.7 Å². The number of allylic oxidation sites excluding steroid dienone is 2. The summed E-state index contributed by atoms with van der Waals surface area (Å²) in [7, 11) is 0. The van der Waals surface area contributed by atoms with E-state index in [1.807, 2.05) is 0 Å². The minimum atomic E-state index is -1.18. The summed E-state index contributed by atoms with van der Waals surface area (Å²) in [5.41, 5.74) is 1.03. The summed E-state index contributed by atoms with van der Waals surface area (Å²) in [5.74, 6) is 1.75. The number of hydrogen-bond acceptors (Lipinski definition) is 7. The fourth-order valence-electron chi connectivity index (χ4n) is 9.27. The molecule has 1 heterocycles.